The molecule has 0 spiro atoms. The third-order valence-electron chi connectivity index (χ3n) is 4.06. The quantitative estimate of drug-likeness (QED) is 0.537. The van der Waals surface area contributed by atoms with Crippen molar-refractivity contribution in [3.63, 3.8) is 0 Å². The molecule has 0 aliphatic rings. The van der Waals surface area contributed by atoms with Crippen molar-refractivity contribution in [1.29, 1.82) is 0 Å². The Morgan fingerprint density at radius 2 is 1.76 bits per heavy atom. The average Bonchev–Trinajstić information content (AvgIpc) is 3.24. The molecule has 1 heterocycles. The Morgan fingerprint density at radius 3 is 2.41 bits per heavy atom. The Hall–Kier alpha value is -2.98. The second kappa shape index (κ2) is 9.48. The van der Waals surface area contributed by atoms with Crippen LogP contribution in [0.4, 0.5) is 0 Å². The van der Waals surface area contributed by atoms with Gasteiger partial charge in [0.1, 0.15) is 28.4 Å². The van der Waals surface area contributed by atoms with E-state index in [1.165, 1.54) is 17.1 Å². The molecule has 29 heavy (non-hydrogen) atoms. The van der Waals surface area contributed by atoms with Crippen molar-refractivity contribution in [2.24, 2.45) is 0 Å². The number of tetrazole rings is 1. The van der Waals surface area contributed by atoms with Gasteiger partial charge < -0.3 is 9.47 Å². The van der Waals surface area contributed by atoms with Crippen LogP contribution in [0.15, 0.2) is 53.7 Å². The van der Waals surface area contributed by atoms with Gasteiger partial charge in [-0.15, -0.1) is 5.10 Å². The van der Waals surface area contributed by atoms with Crippen molar-refractivity contribution < 1.29 is 17.9 Å². The largest absolute Gasteiger partial charge is 0.492 e. The minimum absolute atomic E-state index is 0.00712. The molecule has 1 N–H and O–H groups in total. The van der Waals surface area contributed by atoms with Crippen LogP contribution < -0.4 is 14.2 Å². The van der Waals surface area contributed by atoms with Crippen molar-refractivity contribution in [2.75, 3.05) is 19.8 Å². The first-order chi connectivity index (χ1) is 14.0. The Kier molecular flexibility index (Phi) is 6.78. The molecule has 0 bridgehead atoms. The minimum atomic E-state index is -3.83. The first-order valence-corrected chi connectivity index (χ1v) is 10.7. The fraction of sp³-hybridized carbons (Fsp3) is 0.316. The summed E-state index contributed by atoms with van der Waals surface area (Å²) in [6, 6.07) is 12.7. The molecule has 3 rings (SSSR count). The standard InChI is InChI=1S/C19H23N5O4S/c1-3-27-17-13-19(18(28-4-2)12-16(17)24-14-20-22-23-24)29(25,26)21-11-10-15-8-6-5-7-9-15/h5-9,12-14,21H,3-4,10-11H2,1-2H3. The number of nitrogens with one attached hydrogen (secondary N) is 1. The molecule has 0 saturated carbocycles. The Balaban J connectivity index is 1.92. The van der Waals surface area contributed by atoms with Gasteiger partial charge in [0.15, 0.2) is 0 Å². The van der Waals surface area contributed by atoms with Crippen molar-refractivity contribution in [3.05, 3.63) is 54.4 Å². The molecule has 0 aliphatic carbocycles. The number of hydrogen-bond acceptors (Lipinski definition) is 7. The molecule has 1 aromatic heterocycles. The lowest BCUT2D eigenvalue weighted by atomic mass is 10.2. The highest BCUT2D eigenvalue weighted by Gasteiger charge is 2.24. The van der Waals surface area contributed by atoms with Crippen molar-refractivity contribution in [1.82, 2.24) is 24.9 Å². The summed E-state index contributed by atoms with van der Waals surface area (Å²) in [5.41, 5.74) is 1.54. The van der Waals surface area contributed by atoms with E-state index in [1.54, 1.807) is 13.0 Å². The summed E-state index contributed by atoms with van der Waals surface area (Å²) in [7, 11) is -3.83. The van der Waals surface area contributed by atoms with E-state index in [9.17, 15) is 8.42 Å². The zero-order valence-corrected chi connectivity index (χ0v) is 17.1. The second-order valence-electron chi connectivity index (χ2n) is 6.02. The van der Waals surface area contributed by atoms with Gasteiger partial charge in [-0.2, -0.15) is 4.68 Å². The van der Waals surface area contributed by atoms with Gasteiger partial charge in [0.25, 0.3) is 0 Å². The molecule has 0 fully saturated rings. The summed E-state index contributed by atoms with van der Waals surface area (Å²) in [5.74, 6) is 0.542. The molecule has 0 saturated heterocycles. The number of hydrogen-bond donors (Lipinski definition) is 1. The molecular weight excluding hydrogens is 394 g/mol. The topological polar surface area (TPSA) is 108 Å². The second-order valence-corrected chi connectivity index (χ2v) is 7.76. The molecule has 154 valence electrons. The third-order valence-corrected chi connectivity index (χ3v) is 5.54. The number of aromatic nitrogens is 4. The van der Waals surface area contributed by atoms with Gasteiger partial charge >= 0.3 is 0 Å². The van der Waals surface area contributed by atoms with Crippen LogP contribution in [-0.2, 0) is 16.4 Å². The fourth-order valence-electron chi connectivity index (χ4n) is 2.78. The molecule has 0 atom stereocenters. The zero-order valence-electron chi connectivity index (χ0n) is 16.3. The van der Waals surface area contributed by atoms with Crippen LogP contribution in [0.25, 0.3) is 5.69 Å². The number of nitrogens with zero attached hydrogens (tertiary/aromatic N) is 4. The van der Waals surface area contributed by atoms with E-state index in [-0.39, 0.29) is 17.2 Å². The maximum atomic E-state index is 13.0. The summed E-state index contributed by atoms with van der Waals surface area (Å²) < 4.78 is 41.2. The summed E-state index contributed by atoms with van der Waals surface area (Å²) in [6.45, 7) is 4.51. The first kappa shape index (κ1) is 20.7. The van der Waals surface area contributed by atoms with Crippen LogP contribution >= 0.6 is 0 Å². The highest BCUT2D eigenvalue weighted by atomic mass is 32.2. The van der Waals surface area contributed by atoms with Gasteiger partial charge in [0, 0.05) is 18.7 Å². The number of rotatable bonds is 10. The van der Waals surface area contributed by atoms with Crippen LogP contribution in [0.3, 0.4) is 0 Å². The predicted molar refractivity (Wildman–Crippen MR) is 107 cm³/mol. The smallest absolute Gasteiger partial charge is 0.244 e. The van der Waals surface area contributed by atoms with Gasteiger partial charge in [-0.05, 0) is 36.3 Å². The lowest BCUT2D eigenvalue weighted by Gasteiger charge is -2.16. The van der Waals surface area contributed by atoms with Crippen molar-refractivity contribution in [3.8, 4) is 17.2 Å². The van der Waals surface area contributed by atoms with E-state index >= 15 is 0 Å². The van der Waals surface area contributed by atoms with E-state index in [1.807, 2.05) is 37.3 Å². The monoisotopic (exact) mass is 417 g/mol. The fourth-order valence-corrected chi connectivity index (χ4v) is 3.95. The first-order valence-electron chi connectivity index (χ1n) is 9.25. The average molecular weight is 417 g/mol. The maximum Gasteiger partial charge on any atom is 0.244 e. The van der Waals surface area contributed by atoms with Gasteiger partial charge in [0.05, 0.1) is 13.2 Å². The van der Waals surface area contributed by atoms with Gasteiger partial charge in [-0.1, -0.05) is 30.3 Å². The Labute approximate surface area is 169 Å². The minimum Gasteiger partial charge on any atom is -0.492 e. The lowest BCUT2D eigenvalue weighted by Crippen LogP contribution is -2.26. The highest BCUT2D eigenvalue weighted by molar-refractivity contribution is 7.89. The number of ether oxygens (including phenoxy) is 2. The van der Waals surface area contributed by atoms with Gasteiger partial charge in [-0.3, -0.25) is 0 Å². The Morgan fingerprint density at radius 1 is 1.03 bits per heavy atom. The maximum absolute atomic E-state index is 13.0. The van der Waals surface area contributed by atoms with Gasteiger partial charge in [-0.25, -0.2) is 13.1 Å². The zero-order chi connectivity index (χ0) is 20.7. The van der Waals surface area contributed by atoms with E-state index in [2.05, 4.69) is 20.2 Å². The summed E-state index contributed by atoms with van der Waals surface area (Å²) in [5, 5.41) is 11.1. The molecule has 0 radical (unpaired) electrons. The molecular formula is C19H23N5O4S. The molecule has 3 aromatic rings. The summed E-state index contributed by atoms with van der Waals surface area (Å²) >= 11 is 0. The SMILES string of the molecule is CCOc1cc(S(=O)(=O)NCCc2ccccc2)c(OCC)cc1-n1cnnn1. The summed E-state index contributed by atoms with van der Waals surface area (Å²) in [4.78, 5) is 0.00712. The van der Waals surface area contributed by atoms with E-state index in [4.69, 9.17) is 9.47 Å². The molecule has 0 unspecified atom stereocenters. The van der Waals surface area contributed by atoms with Crippen LogP contribution in [0.2, 0.25) is 0 Å². The van der Waals surface area contributed by atoms with Crippen molar-refractivity contribution in [2.45, 2.75) is 25.2 Å². The van der Waals surface area contributed by atoms with E-state index < -0.39 is 10.0 Å². The normalized spacial score (nSPS) is 11.4. The Bertz CT molecular complexity index is 1020. The molecule has 10 heteroatoms. The summed E-state index contributed by atoms with van der Waals surface area (Å²) in [6.07, 6.45) is 1.98. The highest BCUT2D eigenvalue weighted by Crippen LogP contribution is 2.34. The van der Waals surface area contributed by atoms with Crippen LogP contribution in [0, 0.1) is 0 Å². The van der Waals surface area contributed by atoms with E-state index in [0.29, 0.717) is 31.1 Å². The van der Waals surface area contributed by atoms with Crippen molar-refractivity contribution >= 4 is 10.0 Å². The van der Waals surface area contributed by atoms with Gasteiger partial charge in [0.2, 0.25) is 10.0 Å². The number of sulfonamides is 1. The lowest BCUT2D eigenvalue weighted by molar-refractivity contribution is 0.321. The molecule has 0 amide bonds. The number of benzene rings is 2. The van der Waals surface area contributed by atoms with E-state index in [0.717, 1.165) is 5.56 Å². The van der Waals surface area contributed by atoms with Crippen LogP contribution in [0.5, 0.6) is 11.5 Å². The van der Waals surface area contributed by atoms with Crippen LogP contribution in [-0.4, -0.2) is 48.4 Å². The predicted octanol–water partition coefficient (Wildman–Crippen LogP) is 1.98. The molecule has 0 aliphatic heterocycles. The molecule has 9 nitrogen and oxygen atoms in total. The third kappa shape index (κ3) is 5.09. The van der Waals surface area contributed by atoms with Crippen LogP contribution in [0.1, 0.15) is 19.4 Å². The molecule has 2 aromatic carbocycles.